The minimum absolute atomic E-state index is 0.0383. The van der Waals surface area contributed by atoms with Gasteiger partial charge in [-0.3, -0.25) is 9.59 Å². The zero-order valence-corrected chi connectivity index (χ0v) is 25.7. The van der Waals surface area contributed by atoms with Gasteiger partial charge >= 0.3 is 24.0 Å². The molecule has 5 rings (SSSR count). The number of alkyl halides is 7. The molecule has 0 radical (unpaired) electrons. The lowest BCUT2D eigenvalue weighted by Crippen LogP contribution is -2.57. The molecule has 258 valence electrons. The van der Waals surface area contributed by atoms with Gasteiger partial charge in [0.1, 0.15) is 16.2 Å². The molecule has 2 N–H and O–H groups in total. The number of carboxylic acids is 1. The molecule has 1 saturated carbocycles. The first-order valence-electron chi connectivity index (χ1n) is 14.8. The van der Waals surface area contributed by atoms with Crippen LogP contribution in [0.2, 0.25) is 0 Å². The van der Waals surface area contributed by atoms with E-state index in [-0.39, 0.29) is 74.2 Å². The SMILES string of the molecule is Cc1cc(S(=O)(=O)C23CCN(C(=O)[C@@]4(O)CCC[C@H](C(=O)O)CC4)C2CCc2cc(C(F)(C(F)(F)F)C(F)(F)F)ccc23)ccc1F. The molecule has 7 nitrogen and oxygen atoms in total. The summed E-state index contributed by atoms with van der Waals surface area (Å²) in [5.41, 5.74) is -10.2. The van der Waals surface area contributed by atoms with Crippen LogP contribution in [-0.2, 0) is 36.3 Å². The molecule has 3 aliphatic rings. The molecule has 0 aromatic heterocycles. The Morgan fingerprint density at radius 1 is 0.915 bits per heavy atom. The number of aliphatic hydroxyl groups is 1. The number of halogens is 8. The fourth-order valence-electron chi connectivity index (χ4n) is 7.52. The average molecular weight is 698 g/mol. The van der Waals surface area contributed by atoms with Crippen molar-refractivity contribution >= 4 is 21.7 Å². The molecular weight excluding hydrogens is 666 g/mol. The molecule has 2 unspecified atom stereocenters. The fraction of sp³-hybridized carbons (Fsp3) is 0.548. The number of aryl methyl sites for hydroxylation is 2. The lowest BCUT2D eigenvalue weighted by molar-refractivity contribution is -0.348. The van der Waals surface area contributed by atoms with Gasteiger partial charge in [0.2, 0.25) is 0 Å². The van der Waals surface area contributed by atoms with Crippen LogP contribution in [0.1, 0.15) is 67.2 Å². The predicted molar refractivity (Wildman–Crippen MR) is 149 cm³/mol. The second kappa shape index (κ2) is 11.4. The van der Waals surface area contributed by atoms with Gasteiger partial charge in [0.15, 0.2) is 9.84 Å². The first kappa shape index (κ1) is 35.0. The van der Waals surface area contributed by atoms with Crippen molar-refractivity contribution in [2.24, 2.45) is 5.92 Å². The fourth-order valence-corrected chi connectivity index (χ4v) is 9.97. The first-order valence-corrected chi connectivity index (χ1v) is 16.3. The highest BCUT2D eigenvalue weighted by molar-refractivity contribution is 7.92. The largest absolute Gasteiger partial charge is 0.481 e. The number of hydrogen-bond acceptors (Lipinski definition) is 5. The van der Waals surface area contributed by atoms with Crippen molar-refractivity contribution in [2.75, 3.05) is 6.54 Å². The van der Waals surface area contributed by atoms with Crippen LogP contribution < -0.4 is 0 Å². The summed E-state index contributed by atoms with van der Waals surface area (Å²) in [6.45, 7) is 0.989. The number of rotatable bonds is 5. The Bertz CT molecular complexity index is 1700. The number of fused-ring (bicyclic) bond motifs is 3. The van der Waals surface area contributed by atoms with Crippen LogP contribution in [0.25, 0.3) is 0 Å². The van der Waals surface area contributed by atoms with Crippen LogP contribution >= 0.6 is 0 Å². The van der Waals surface area contributed by atoms with Crippen LogP contribution in [-0.4, -0.2) is 65.9 Å². The molecular formula is C31H31F8NO6S. The number of carbonyl (C=O) groups is 2. The second-order valence-electron chi connectivity index (χ2n) is 12.6. The quantitative estimate of drug-likeness (QED) is 0.224. The zero-order chi connectivity index (χ0) is 35.0. The van der Waals surface area contributed by atoms with Crippen molar-refractivity contribution in [1.82, 2.24) is 4.90 Å². The van der Waals surface area contributed by atoms with Crippen LogP contribution in [0.5, 0.6) is 0 Å². The highest BCUT2D eigenvalue weighted by atomic mass is 32.2. The molecule has 1 heterocycles. The number of benzene rings is 2. The number of amides is 1. The Labute approximate surface area is 264 Å². The van der Waals surface area contributed by atoms with E-state index in [1.807, 2.05) is 0 Å². The Balaban J connectivity index is 1.66. The van der Waals surface area contributed by atoms with E-state index in [1.54, 1.807) is 0 Å². The van der Waals surface area contributed by atoms with Crippen LogP contribution in [0, 0.1) is 18.7 Å². The Hall–Kier alpha value is -3.27. The molecule has 4 atom stereocenters. The number of hydrogen-bond donors (Lipinski definition) is 2. The molecule has 1 amide bonds. The maximum Gasteiger partial charge on any atom is 0.435 e. The molecule has 1 aliphatic heterocycles. The lowest BCUT2D eigenvalue weighted by Gasteiger charge is -2.44. The summed E-state index contributed by atoms with van der Waals surface area (Å²) < 4.78 is 138. The van der Waals surface area contributed by atoms with Gasteiger partial charge in [0, 0.05) is 12.1 Å². The van der Waals surface area contributed by atoms with Crippen molar-refractivity contribution < 1.29 is 63.3 Å². The Morgan fingerprint density at radius 3 is 2.17 bits per heavy atom. The third-order valence-corrected chi connectivity index (χ3v) is 12.6. The highest BCUT2D eigenvalue weighted by Gasteiger charge is 2.74. The van der Waals surface area contributed by atoms with E-state index in [2.05, 4.69) is 0 Å². The predicted octanol–water partition coefficient (Wildman–Crippen LogP) is 6.04. The summed E-state index contributed by atoms with van der Waals surface area (Å²) in [5.74, 6) is -3.54. The molecule has 2 fully saturated rings. The minimum Gasteiger partial charge on any atom is -0.481 e. The third kappa shape index (κ3) is 5.29. The summed E-state index contributed by atoms with van der Waals surface area (Å²) >= 11 is 0. The number of sulfone groups is 1. The number of carbonyl (C=O) groups excluding carboxylic acids is 1. The molecule has 0 spiro atoms. The van der Waals surface area contributed by atoms with E-state index in [9.17, 15) is 59.0 Å². The lowest BCUT2D eigenvalue weighted by atomic mass is 9.76. The summed E-state index contributed by atoms with van der Waals surface area (Å²) in [7, 11) is -4.72. The maximum atomic E-state index is 15.1. The van der Waals surface area contributed by atoms with Crippen molar-refractivity contribution in [3.63, 3.8) is 0 Å². The standard InChI is InChI=1S/C31H31F8NO6S/c1-17-15-21(6-8-23(17)32)47(45,46)28-13-14-40(26(43)27(44)11-2-3-18(10-12-27)25(41)42)24(28)9-4-19-16-20(5-7-22(19)28)29(33,30(34,35)36)31(37,38)39/h5-8,15-16,18,24,44H,2-4,9-14H2,1H3,(H,41,42)/t18-,24?,27+,28?/m0/s1. The van der Waals surface area contributed by atoms with Gasteiger partial charge in [-0.05, 0) is 93.2 Å². The van der Waals surface area contributed by atoms with E-state index in [0.29, 0.717) is 12.1 Å². The monoisotopic (exact) mass is 697 g/mol. The van der Waals surface area contributed by atoms with Crippen molar-refractivity contribution in [3.05, 3.63) is 64.5 Å². The van der Waals surface area contributed by atoms with E-state index >= 15 is 4.39 Å². The number of likely N-dealkylation sites (tertiary alicyclic amines) is 1. The van der Waals surface area contributed by atoms with E-state index in [4.69, 9.17) is 0 Å². The van der Waals surface area contributed by atoms with Crippen molar-refractivity contribution in [1.29, 1.82) is 0 Å². The highest BCUT2D eigenvalue weighted by Crippen LogP contribution is 2.57. The zero-order valence-electron chi connectivity index (χ0n) is 24.9. The third-order valence-electron chi connectivity index (χ3n) is 10.0. The molecule has 2 aromatic carbocycles. The molecule has 2 aromatic rings. The van der Waals surface area contributed by atoms with Gasteiger partial charge in [0.05, 0.1) is 16.9 Å². The first-order chi connectivity index (χ1) is 21.6. The van der Waals surface area contributed by atoms with Gasteiger partial charge in [-0.1, -0.05) is 18.2 Å². The number of nitrogens with zero attached hydrogens (tertiary/aromatic N) is 1. The van der Waals surface area contributed by atoms with Gasteiger partial charge in [-0.15, -0.1) is 0 Å². The van der Waals surface area contributed by atoms with E-state index < -0.39 is 84.7 Å². The normalized spacial score (nSPS) is 27.1. The Morgan fingerprint density at radius 2 is 1.57 bits per heavy atom. The summed E-state index contributed by atoms with van der Waals surface area (Å²) in [4.78, 5) is 26.3. The molecule has 16 heteroatoms. The van der Waals surface area contributed by atoms with Crippen LogP contribution in [0.4, 0.5) is 35.1 Å². The molecule has 2 aliphatic carbocycles. The topological polar surface area (TPSA) is 112 Å². The van der Waals surface area contributed by atoms with E-state index in [0.717, 1.165) is 23.1 Å². The van der Waals surface area contributed by atoms with Gasteiger partial charge in [0.25, 0.3) is 5.91 Å². The van der Waals surface area contributed by atoms with Gasteiger partial charge in [-0.25, -0.2) is 17.2 Å². The molecule has 0 bridgehead atoms. The summed E-state index contributed by atoms with van der Waals surface area (Å²) in [6, 6.07) is 2.89. The van der Waals surface area contributed by atoms with E-state index in [1.165, 1.54) is 6.92 Å². The smallest absolute Gasteiger partial charge is 0.435 e. The second-order valence-corrected chi connectivity index (χ2v) is 14.8. The number of carboxylic acid groups (broad SMARTS) is 1. The van der Waals surface area contributed by atoms with Crippen LogP contribution in [0.15, 0.2) is 41.3 Å². The summed E-state index contributed by atoms with van der Waals surface area (Å²) in [5, 5.41) is 20.9. The molecule has 47 heavy (non-hydrogen) atoms. The maximum absolute atomic E-state index is 15.1. The van der Waals surface area contributed by atoms with Crippen molar-refractivity contribution in [3.8, 4) is 0 Å². The summed E-state index contributed by atoms with van der Waals surface area (Å²) in [6.07, 6.45) is -13.9. The number of aliphatic carboxylic acids is 1. The Kier molecular flexibility index (Phi) is 8.51. The van der Waals surface area contributed by atoms with Gasteiger partial charge < -0.3 is 15.1 Å². The molecule has 1 saturated heterocycles. The van der Waals surface area contributed by atoms with Crippen LogP contribution in [0.3, 0.4) is 0 Å². The average Bonchev–Trinajstić information content (AvgIpc) is 3.27. The minimum atomic E-state index is -6.41. The van der Waals surface area contributed by atoms with Gasteiger partial charge in [-0.2, -0.15) is 26.3 Å². The van der Waals surface area contributed by atoms with Crippen molar-refractivity contribution in [2.45, 2.75) is 97.6 Å².